The molecule has 0 unspecified atom stereocenters. The summed E-state index contributed by atoms with van der Waals surface area (Å²) in [6.07, 6.45) is 2.51. The van der Waals surface area contributed by atoms with Gasteiger partial charge in [0.2, 0.25) is 0 Å². The molecule has 0 radical (unpaired) electrons. The lowest BCUT2D eigenvalue weighted by molar-refractivity contribution is 0.476. The van der Waals surface area contributed by atoms with Gasteiger partial charge in [0.15, 0.2) is 0 Å². The van der Waals surface area contributed by atoms with Crippen LogP contribution in [0.2, 0.25) is 0 Å². The number of H-pyrrole nitrogens is 1. The summed E-state index contributed by atoms with van der Waals surface area (Å²) < 4.78 is 0. The van der Waals surface area contributed by atoms with Crippen molar-refractivity contribution in [2.24, 2.45) is 0 Å². The van der Waals surface area contributed by atoms with Crippen LogP contribution in [-0.4, -0.2) is 15.1 Å². The predicted molar refractivity (Wildman–Crippen MR) is 75.2 cm³/mol. The van der Waals surface area contributed by atoms with Gasteiger partial charge in [0.25, 0.3) is 0 Å². The molecule has 1 aromatic heterocycles. The highest BCUT2D eigenvalue weighted by atomic mass is 16.3. The highest BCUT2D eigenvalue weighted by molar-refractivity contribution is 5.80. The van der Waals surface area contributed by atoms with E-state index in [-0.39, 0.29) is 5.75 Å². The van der Waals surface area contributed by atoms with Crippen molar-refractivity contribution in [3.05, 3.63) is 48.0 Å². The molecule has 0 spiro atoms. The third-order valence-electron chi connectivity index (χ3n) is 3.71. The Bertz CT molecular complexity index is 723. The zero-order valence-corrected chi connectivity index (χ0v) is 10.4. The van der Waals surface area contributed by atoms with Gasteiger partial charge in [-0.25, -0.2) is 4.98 Å². The average Bonchev–Trinajstić information content (AvgIpc) is 3.18. The van der Waals surface area contributed by atoms with Gasteiger partial charge in [-0.15, -0.1) is 0 Å². The zero-order chi connectivity index (χ0) is 12.8. The van der Waals surface area contributed by atoms with Gasteiger partial charge in [0.1, 0.15) is 11.6 Å². The van der Waals surface area contributed by atoms with Crippen LogP contribution in [0.4, 0.5) is 0 Å². The van der Waals surface area contributed by atoms with Crippen LogP contribution in [0.5, 0.6) is 5.75 Å². The van der Waals surface area contributed by atoms with Crippen LogP contribution in [0.3, 0.4) is 0 Å². The van der Waals surface area contributed by atoms with E-state index in [1.54, 1.807) is 6.07 Å². The predicted octanol–water partition coefficient (Wildman–Crippen LogP) is 3.81. The van der Waals surface area contributed by atoms with Crippen molar-refractivity contribution in [3.63, 3.8) is 0 Å². The molecule has 4 rings (SSSR count). The van der Waals surface area contributed by atoms with Crippen molar-refractivity contribution < 1.29 is 5.11 Å². The first kappa shape index (κ1) is 10.6. The van der Waals surface area contributed by atoms with E-state index >= 15 is 0 Å². The fourth-order valence-corrected chi connectivity index (χ4v) is 2.49. The average molecular weight is 250 g/mol. The SMILES string of the molecule is Oc1ccc(C2CC2)cc1-c1nc2ccccc2[nH]1. The van der Waals surface area contributed by atoms with Gasteiger partial charge in [-0.05, 0) is 48.6 Å². The van der Waals surface area contributed by atoms with E-state index < -0.39 is 0 Å². The van der Waals surface area contributed by atoms with Gasteiger partial charge < -0.3 is 10.1 Å². The smallest absolute Gasteiger partial charge is 0.142 e. The number of imidazole rings is 1. The van der Waals surface area contributed by atoms with E-state index in [0.29, 0.717) is 5.92 Å². The summed E-state index contributed by atoms with van der Waals surface area (Å²) in [6.45, 7) is 0. The van der Waals surface area contributed by atoms with Crippen molar-refractivity contribution in [1.29, 1.82) is 0 Å². The summed E-state index contributed by atoms with van der Waals surface area (Å²) in [5.41, 5.74) is 4.01. The van der Waals surface area contributed by atoms with E-state index in [1.165, 1.54) is 18.4 Å². The van der Waals surface area contributed by atoms with Gasteiger partial charge in [-0.3, -0.25) is 0 Å². The van der Waals surface area contributed by atoms with Crippen LogP contribution in [0, 0.1) is 0 Å². The number of para-hydroxylation sites is 2. The number of aromatic hydroxyl groups is 1. The molecule has 0 bridgehead atoms. The Morgan fingerprint density at radius 3 is 2.74 bits per heavy atom. The maximum atomic E-state index is 10.1. The maximum Gasteiger partial charge on any atom is 0.142 e. The number of aromatic amines is 1. The first-order chi connectivity index (χ1) is 9.31. The summed E-state index contributed by atoms with van der Waals surface area (Å²) in [7, 11) is 0. The molecular weight excluding hydrogens is 236 g/mol. The van der Waals surface area contributed by atoms with E-state index in [9.17, 15) is 5.11 Å². The molecule has 2 aromatic carbocycles. The van der Waals surface area contributed by atoms with Crippen LogP contribution in [0.1, 0.15) is 24.3 Å². The molecular formula is C16H14N2O. The second-order valence-corrected chi connectivity index (χ2v) is 5.15. The van der Waals surface area contributed by atoms with Gasteiger partial charge in [-0.2, -0.15) is 0 Å². The Balaban J connectivity index is 1.88. The molecule has 0 aliphatic heterocycles. The monoisotopic (exact) mass is 250 g/mol. The van der Waals surface area contributed by atoms with Crippen LogP contribution in [0.15, 0.2) is 42.5 Å². The lowest BCUT2D eigenvalue weighted by Gasteiger charge is -2.04. The summed E-state index contributed by atoms with van der Waals surface area (Å²) in [4.78, 5) is 7.82. The molecule has 1 saturated carbocycles. The molecule has 19 heavy (non-hydrogen) atoms. The summed E-state index contributed by atoms with van der Waals surface area (Å²) in [6, 6.07) is 13.8. The third kappa shape index (κ3) is 1.78. The summed E-state index contributed by atoms with van der Waals surface area (Å²) in [5, 5.41) is 10.1. The number of hydrogen-bond acceptors (Lipinski definition) is 2. The fraction of sp³-hybridized carbons (Fsp3) is 0.188. The standard InChI is InChI=1S/C16H14N2O/c19-15-8-7-11(10-5-6-10)9-12(15)16-17-13-3-1-2-4-14(13)18-16/h1-4,7-10,19H,5-6H2,(H,17,18). The van der Waals surface area contributed by atoms with Crippen molar-refractivity contribution in [2.45, 2.75) is 18.8 Å². The number of phenols is 1. The highest BCUT2D eigenvalue weighted by Gasteiger charge is 2.24. The Morgan fingerprint density at radius 2 is 1.95 bits per heavy atom. The molecule has 3 nitrogen and oxygen atoms in total. The third-order valence-corrected chi connectivity index (χ3v) is 3.71. The number of nitrogens with one attached hydrogen (secondary N) is 1. The lowest BCUT2D eigenvalue weighted by atomic mass is 10.1. The van der Waals surface area contributed by atoms with Crippen LogP contribution in [-0.2, 0) is 0 Å². The van der Waals surface area contributed by atoms with E-state index in [2.05, 4.69) is 16.0 Å². The number of fused-ring (bicyclic) bond motifs is 1. The van der Waals surface area contributed by atoms with Gasteiger partial charge in [0, 0.05) is 0 Å². The molecule has 1 aliphatic rings. The Labute approximate surface area is 110 Å². The highest BCUT2D eigenvalue weighted by Crippen LogP contribution is 2.42. The molecule has 94 valence electrons. The normalized spacial score (nSPS) is 14.9. The van der Waals surface area contributed by atoms with Gasteiger partial charge in [-0.1, -0.05) is 18.2 Å². The first-order valence-electron chi connectivity index (χ1n) is 6.59. The van der Waals surface area contributed by atoms with E-state index in [4.69, 9.17) is 0 Å². The van der Waals surface area contributed by atoms with Crippen molar-refractivity contribution in [3.8, 4) is 17.1 Å². The topological polar surface area (TPSA) is 48.9 Å². The molecule has 0 amide bonds. The Kier molecular flexibility index (Phi) is 2.15. The minimum Gasteiger partial charge on any atom is -0.507 e. The molecule has 1 heterocycles. The summed E-state index contributed by atoms with van der Waals surface area (Å²) >= 11 is 0. The molecule has 3 heteroatoms. The lowest BCUT2D eigenvalue weighted by Crippen LogP contribution is -1.85. The number of phenolic OH excluding ortho intramolecular Hbond substituents is 1. The van der Waals surface area contributed by atoms with Gasteiger partial charge in [0.05, 0.1) is 16.6 Å². The molecule has 0 saturated heterocycles. The molecule has 1 fully saturated rings. The largest absolute Gasteiger partial charge is 0.507 e. The molecule has 3 aromatic rings. The number of aromatic nitrogens is 2. The van der Waals surface area contributed by atoms with Crippen molar-refractivity contribution >= 4 is 11.0 Å². The molecule has 2 N–H and O–H groups in total. The fourth-order valence-electron chi connectivity index (χ4n) is 2.49. The second kappa shape index (κ2) is 3.85. The molecule has 1 aliphatic carbocycles. The number of benzene rings is 2. The van der Waals surface area contributed by atoms with E-state index in [0.717, 1.165) is 22.4 Å². The Hall–Kier alpha value is -2.29. The number of rotatable bonds is 2. The number of nitrogens with zero attached hydrogens (tertiary/aromatic N) is 1. The molecule has 0 atom stereocenters. The quantitative estimate of drug-likeness (QED) is 0.726. The van der Waals surface area contributed by atoms with Gasteiger partial charge >= 0.3 is 0 Å². The van der Waals surface area contributed by atoms with Crippen LogP contribution in [0.25, 0.3) is 22.4 Å². The Morgan fingerprint density at radius 1 is 1.11 bits per heavy atom. The minimum absolute atomic E-state index is 0.281. The van der Waals surface area contributed by atoms with Crippen LogP contribution >= 0.6 is 0 Å². The second-order valence-electron chi connectivity index (χ2n) is 5.15. The van der Waals surface area contributed by atoms with E-state index in [1.807, 2.05) is 30.3 Å². The van der Waals surface area contributed by atoms with Crippen molar-refractivity contribution in [1.82, 2.24) is 9.97 Å². The van der Waals surface area contributed by atoms with Crippen molar-refractivity contribution in [2.75, 3.05) is 0 Å². The zero-order valence-electron chi connectivity index (χ0n) is 10.4. The minimum atomic E-state index is 0.281. The van der Waals surface area contributed by atoms with Crippen LogP contribution < -0.4 is 0 Å². The summed E-state index contributed by atoms with van der Waals surface area (Å²) in [5.74, 6) is 1.69. The first-order valence-corrected chi connectivity index (χ1v) is 6.59. The maximum absolute atomic E-state index is 10.1. The number of hydrogen-bond donors (Lipinski definition) is 2.